The van der Waals surface area contributed by atoms with E-state index in [0.29, 0.717) is 19.6 Å². The quantitative estimate of drug-likeness (QED) is 0.789. The van der Waals surface area contributed by atoms with E-state index in [1.54, 1.807) is 23.9 Å². The fourth-order valence-electron chi connectivity index (χ4n) is 3.04. The molecule has 1 atom stereocenters. The lowest BCUT2D eigenvalue weighted by atomic mass is 10.1. The van der Waals surface area contributed by atoms with Crippen LogP contribution in [0.4, 0.5) is 0 Å². The molecule has 6 nitrogen and oxygen atoms in total. The fourth-order valence-corrected chi connectivity index (χ4v) is 3.04. The summed E-state index contributed by atoms with van der Waals surface area (Å²) >= 11 is 0. The highest BCUT2D eigenvalue weighted by Crippen LogP contribution is 2.20. The number of rotatable bonds is 5. The van der Waals surface area contributed by atoms with Crippen LogP contribution in [-0.4, -0.2) is 74.1 Å². The van der Waals surface area contributed by atoms with Crippen LogP contribution >= 0.6 is 0 Å². The lowest BCUT2D eigenvalue weighted by molar-refractivity contribution is -0.143. The predicted octanol–water partition coefficient (Wildman–Crippen LogP) is 0.224. The predicted molar refractivity (Wildman–Crippen MR) is 79.9 cm³/mol. The molecule has 2 amide bonds. The topological polar surface area (TPSA) is 61.9 Å². The Morgan fingerprint density at radius 2 is 1.95 bits per heavy atom. The lowest BCUT2D eigenvalue weighted by Crippen LogP contribution is -2.45. The second-order valence-corrected chi connectivity index (χ2v) is 6.05. The molecule has 0 saturated carbocycles. The van der Waals surface area contributed by atoms with Crippen LogP contribution < -0.4 is 5.32 Å². The maximum atomic E-state index is 12.3. The fraction of sp³-hybridized carbons (Fsp3) is 0.867. The van der Waals surface area contributed by atoms with Crippen molar-refractivity contribution in [2.45, 2.75) is 44.2 Å². The highest BCUT2D eigenvalue weighted by molar-refractivity contribution is 5.88. The van der Waals surface area contributed by atoms with Crippen LogP contribution in [0.1, 0.15) is 32.1 Å². The smallest absolute Gasteiger partial charge is 0.244 e. The van der Waals surface area contributed by atoms with Gasteiger partial charge in [0.15, 0.2) is 0 Å². The van der Waals surface area contributed by atoms with E-state index in [1.807, 2.05) is 0 Å². The lowest BCUT2D eigenvalue weighted by Gasteiger charge is -2.27. The Hall–Kier alpha value is -1.14. The highest BCUT2D eigenvalue weighted by Gasteiger charge is 2.34. The Labute approximate surface area is 126 Å². The van der Waals surface area contributed by atoms with Crippen molar-refractivity contribution in [2.24, 2.45) is 0 Å². The number of likely N-dealkylation sites (tertiary alicyclic amines) is 1. The Morgan fingerprint density at radius 1 is 1.24 bits per heavy atom. The summed E-state index contributed by atoms with van der Waals surface area (Å²) in [6.07, 6.45) is 4.36. The first kappa shape index (κ1) is 16.2. The van der Waals surface area contributed by atoms with E-state index in [4.69, 9.17) is 4.74 Å². The van der Waals surface area contributed by atoms with Gasteiger partial charge in [-0.25, -0.2) is 0 Å². The summed E-state index contributed by atoms with van der Waals surface area (Å²) in [5.41, 5.74) is 0. The van der Waals surface area contributed by atoms with Gasteiger partial charge in [0.2, 0.25) is 11.8 Å². The molecule has 0 radical (unpaired) electrons. The molecule has 1 N–H and O–H groups in total. The Bertz CT molecular complexity index is 367. The van der Waals surface area contributed by atoms with Crippen molar-refractivity contribution < 1.29 is 14.3 Å². The molecule has 120 valence electrons. The van der Waals surface area contributed by atoms with E-state index in [-0.39, 0.29) is 24.0 Å². The molecule has 0 aromatic heterocycles. The second-order valence-electron chi connectivity index (χ2n) is 6.05. The molecule has 0 aliphatic carbocycles. The summed E-state index contributed by atoms with van der Waals surface area (Å²) in [6, 6.07) is -0.272. The van der Waals surface area contributed by atoms with Crippen LogP contribution in [0, 0.1) is 0 Å². The van der Waals surface area contributed by atoms with Crippen LogP contribution in [0.5, 0.6) is 0 Å². The minimum absolute atomic E-state index is 0.0279. The zero-order chi connectivity index (χ0) is 15.2. The monoisotopic (exact) mass is 297 g/mol. The van der Waals surface area contributed by atoms with E-state index in [1.165, 1.54) is 0 Å². The third-order valence-electron chi connectivity index (χ3n) is 4.25. The van der Waals surface area contributed by atoms with Crippen LogP contribution in [0.3, 0.4) is 0 Å². The molecule has 2 aliphatic rings. The van der Waals surface area contributed by atoms with Gasteiger partial charge in [-0.15, -0.1) is 0 Å². The van der Waals surface area contributed by atoms with E-state index in [2.05, 4.69) is 5.32 Å². The number of piperidine rings is 1. The molecule has 6 heteroatoms. The number of amides is 2. The largest absolute Gasteiger partial charge is 0.378 e. The summed E-state index contributed by atoms with van der Waals surface area (Å²) in [5.74, 6) is 0.0711. The van der Waals surface area contributed by atoms with Crippen molar-refractivity contribution in [1.29, 1.82) is 0 Å². The van der Waals surface area contributed by atoms with Gasteiger partial charge in [0.1, 0.15) is 6.04 Å². The van der Waals surface area contributed by atoms with Crippen molar-refractivity contribution in [3.63, 3.8) is 0 Å². The van der Waals surface area contributed by atoms with Gasteiger partial charge in [-0.3, -0.25) is 9.59 Å². The third-order valence-corrected chi connectivity index (χ3v) is 4.25. The first-order chi connectivity index (χ1) is 10.1. The van der Waals surface area contributed by atoms with E-state index >= 15 is 0 Å². The molecular formula is C15H27N3O3. The third kappa shape index (κ3) is 4.41. The highest BCUT2D eigenvalue weighted by atomic mass is 16.5. The molecule has 2 aliphatic heterocycles. The number of carbonyl (C=O) groups excluding carboxylic acids is 2. The number of ether oxygens (including phenoxy) is 1. The number of likely N-dealkylation sites (N-methyl/N-ethyl adjacent to an activating group) is 1. The van der Waals surface area contributed by atoms with Crippen LogP contribution in [0.2, 0.25) is 0 Å². The summed E-state index contributed by atoms with van der Waals surface area (Å²) < 4.78 is 5.77. The molecule has 0 bridgehead atoms. The van der Waals surface area contributed by atoms with E-state index in [9.17, 15) is 9.59 Å². The first-order valence-electron chi connectivity index (χ1n) is 7.92. The summed E-state index contributed by atoms with van der Waals surface area (Å²) in [6.45, 7) is 3.13. The number of nitrogens with zero attached hydrogens (tertiary/aromatic N) is 2. The maximum absolute atomic E-state index is 12.3. The Morgan fingerprint density at radius 3 is 2.62 bits per heavy atom. The Balaban J connectivity index is 1.75. The van der Waals surface area contributed by atoms with Crippen molar-refractivity contribution in [3.05, 3.63) is 0 Å². The number of carbonyl (C=O) groups is 2. The SMILES string of the molecule is CN(C)C(=O)C1CCCN1C(=O)CCOC1CCNCC1. The molecule has 2 fully saturated rings. The summed E-state index contributed by atoms with van der Waals surface area (Å²) in [5, 5.41) is 3.29. The van der Waals surface area contributed by atoms with Gasteiger partial charge >= 0.3 is 0 Å². The number of hydrogen-bond donors (Lipinski definition) is 1. The van der Waals surface area contributed by atoms with Crippen LogP contribution in [0.15, 0.2) is 0 Å². The molecule has 2 saturated heterocycles. The minimum Gasteiger partial charge on any atom is -0.378 e. The van der Waals surface area contributed by atoms with Gasteiger partial charge < -0.3 is 19.9 Å². The van der Waals surface area contributed by atoms with E-state index in [0.717, 1.165) is 38.8 Å². The van der Waals surface area contributed by atoms with Crippen molar-refractivity contribution >= 4 is 11.8 Å². The van der Waals surface area contributed by atoms with Crippen molar-refractivity contribution in [3.8, 4) is 0 Å². The molecule has 2 rings (SSSR count). The number of nitrogens with one attached hydrogen (secondary N) is 1. The van der Waals surface area contributed by atoms with Gasteiger partial charge in [0.25, 0.3) is 0 Å². The zero-order valence-corrected chi connectivity index (χ0v) is 13.1. The normalized spacial score (nSPS) is 23.3. The molecule has 0 spiro atoms. The molecule has 0 aromatic rings. The molecule has 1 unspecified atom stereocenters. The van der Waals surface area contributed by atoms with Crippen LogP contribution in [0.25, 0.3) is 0 Å². The van der Waals surface area contributed by atoms with Gasteiger partial charge in [0.05, 0.1) is 19.1 Å². The average molecular weight is 297 g/mol. The molecule has 2 heterocycles. The molecule has 0 aromatic carbocycles. The minimum atomic E-state index is -0.272. The standard InChI is InChI=1S/C15H27N3O3/c1-17(2)15(20)13-4-3-10-18(13)14(19)7-11-21-12-5-8-16-9-6-12/h12-13,16H,3-11H2,1-2H3. The molecular weight excluding hydrogens is 270 g/mol. The summed E-state index contributed by atoms with van der Waals surface area (Å²) in [4.78, 5) is 27.7. The Kier molecular flexibility index (Phi) is 5.99. The second kappa shape index (κ2) is 7.75. The van der Waals surface area contributed by atoms with Crippen molar-refractivity contribution in [2.75, 3.05) is 40.3 Å². The van der Waals surface area contributed by atoms with Gasteiger partial charge in [0, 0.05) is 20.6 Å². The maximum Gasteiger partial charge on any atom is 0.244 e. The van der Waals surface area contributed by atoms with E-state index < -0.39 is 0 Å². The zero-order valence-electron chi connectivity index (χ0n) is 13.1. The molecule has 21 heavy (non-hydrogen) atoms. The number of hydrogen-bond acceptors (Lipinski definition) is 4. The first-order valence-corrected chi connectivity index (χ1v) is 7.92. The van der Waals surface area contributed by atoms with Gasteiger partial charge in [-0.05, 0) is 38.8 Å². The van der Waals surface area contributed by atoms with Crippen molar-refractivity contribution in [1.82, 2.24) is 15.1 Å². The average Bonchev–Trinajstić information content (AvgIpc) is 2.96. The van der Waals surface area contributed by atoms with Gasteiger partial charge in [-0.1, -0.05) is 0 Å². The van der Waals surface area contributed by atoms with Crippen LogP contribution in [-0.2, 0) is 14.3 Å². The van der Waals surface area contributed by atoms with Gasteiger partial charge in [-0.2, -0.15) is 0 Å². The summed E-state index contributed by atoms with van der Waals surface area (Å²) in [7, 11) is 3.48.